The normalized spacial score (nSPS) is 19.2. The third kappa shape index (κ3) is 4.52. The first kappa shape index (κ1) is 15.9. The highest BCUT2D eigenvalue weighted by molar-refractivity contribution is 6.30. The maximum atomic E-state index is 13.2. The quantitative estimate of drug-likeness (QED) is 0.847. The Labute approximate surface area is 128 Å². The first-order valence-electron chi connectivity index (χ1n) is 6.76. The molecule has 1 amide bonds. The van der Waals surface area contributed by atoms with Gasteiger partial charge in [-0.3, -0.25) is 9.69 Å². The third-order valence-electron chi connectivity index (χ3n) is 3.28. The minimum absolute atomic E-state index is 0.0484. The predicted octanol–water partition coefficient (Wildman–Crippen LogP) is 2.15. The zero-order chi connectivity index (χ0) is 15.2. The molecule has 0 radical (unpaired) electrons. The Morgan fingerprint density at radius 1 is 1.62 bits per heavy atom. The SMILES string of the molecule is C=CCNC(=O)CN1CCO[C@H](c2ccc(F)c(Cl)c2)C1. The summed E-state index contributed by atoms with van der Waals surface area (Å²) in [5.74, 6) is -0.496. The monoisotopic (exact) mass is 312 g/mol. The average Bonchev–Trinajstić information content (AvgIpc) is 2.48. The first-order valence-corrected chi connectivity index (χ1v) is 7.14. The van der Waals surface area contributed by atoms with Crippen molar-refractivity contribution >= 4 is 17.5 Å². The summed E-state index contributed by atoms with van der Waals surface area (Å²) in [5.41, 5.74) is 0.817. The Kier molecular flexibility index (Phi) is 5.73. The Balaban J connectivity index is 1.95. The van der Waals surface area contributed by atoms with Crippen LogP contribution >= 0.6 is 11.6 Å². The van der Waals surface area contributed by atoms with Crippen LogP contribution in [0.4, 0.5) is 4.39 Å². The van der Waals surface area contributed by atoms with Gasteiger partial charge in [-0.1, -0.05) is 23.7 Å². The number of ether oxygens (including phenoxy) is 1. The summed E-state index contributed by atoms with van der Waals surface area (Å²) in [4.78, 5) is 13.7. The summed E-state index contributed by atoms with van der Waals surface area (Å²) in [6.45, 7) is 6.10. The first-order chi connectivity index (χ1) is 10.1. The number of rotatable bonds is 5. The van der Waals surface area contributed by atoms with E-state index in [9.17, 15) is 9.18 Å². The van der Waals surface area contributed by atoms with Gasteiger partial charge in [-0.05, 0) is 17.7 Å². The van der Waals surface area contributed by atoms with Crippen LogP contribution in [0.5, 0.6) is 0 Å². The summed E-state index contributed by atoms with van der Waals surface area (Å²) in [6, 6.07) is 4.56. The van der Waals surface area contributed by atoms with Gasteiger partial charge in [0.25, 0.3) is 0 Å². The van der Waals surface area contributed by atoms with Crippen molar-refractivity contribution in [1.82, 2.24) is 10.2 Å². The second-order valence-electron chi connectivity index (χ2n) is 4.86. The van der Waals surface area contributed by atoms with Crippen molar-refractivity contribution in [1.29, 1.82) is 0 Å². The zero-order valence-electron chi connectivity index (χ0n) is 11.6. The molecule has 21 heavy (non-hydrogen) atoms. The summed E-state index contributed by atoms with van der Waals surface area (Å²) in [5, 5.41) is 2.82. The molecule has 1 aliphatic heterocycles. The molecule has 2 rings (SSSR count). The van der Waals surface area contributed by atoms with Gasteiger partial charge in [0.2, 0.25) is 5.91 Å². The lowest BCUT2D eigenvalue weighted by atomic mass is 10.1. The lowest BCUT2D eigenvalue weighted by molar-refractivity contribution is -0.124. The minimum atomic E-state index is -0.447. The topological polar surface area (TPSA) is 41.6 Å². The average molecular weight is 313 g/mol. The van der Waals surface area contributed by atoms with Gasteiger partial charge in [0.15, 0.2) is 0 Å². The molecule has 1 aliphatic rings. The molecule has 6 heteroatoms. The van der Waals surface area contributed by atoms with Crippen molar-refractivity contribution in [2.45, 2.75) is 6.10 Å². The van der Waals surface area contributed by atoms with Gasteiger partial charge < -0.3 is 10.1 Å². The number of hydrogen-bond donors (Lipinski definition) is 1. The molecule has 0 unspecified atom stereocenters. The van der Waals surface area contributed by atoms with Gasteiger partial charge in [0.1, 0.15) is 5.82 Å². The van der Waals surface area contributed by atoms with E-state index in [-0.39, 0.29) is 17.0 Å². The van der Waals surface area contributed by atoms with Crippen LogP contribution in [0, 0.1) is 5.82 Å². The summed E-state index contributed by atoms with van der Waals surface area (Å²) >= 11 is 5.79. The number of carbonyl (C=O) groups excluding carboxylic acids is 1. The Hall–Kier alpha value is -1.43. The van der Waals surface area contributed by atoms with E-state index in [0.717, 1.165) is 5.56 Å². The largest absolute Gasteiger partial charge is 0.371 e. The third-order valence-corrected chi connectivity index (χ3v) is 3.57. The van der Waals surface area contributed by atoms with Crippen LogP contribution < -0.4 is 5.32 Å². The highest BCUT2D eigenvalue weighted by Crippen LogP contribution is 2.26. The smallest absolute Gasteiger partial charge is 0.234 e. The standard InChI is InChI=1S/C15H18ClFN2O2/c1-2-5-18-15(20)10-19-6-7-21-14(9-19)11-3-4-13(17)12(16)8-11/h2-4,8,14H,1,5-7,9-10H2,(H,18,20)/t14-/m0/s1. The molecule has 0 saturated carbocycles. The van der Waals surface area contributed by atoms with Crippen LogP contribution in [0.2, 0.25) is 5.02 Å². The fraction of sp³-hybridized carbons (Fsp3) is 0.400. The molecule has 4 nitrogen and oxygen atoms in total. The molecular formula is C15H18ClFN2O2. The van der Waals surface area contributed by atoms with Gasteiger partial charge in [-0.2, -0.15) is 0 Å². The van der Waals surface area contributed by atoms with E-state index < -0.39 is 5.82 Å². The number of amides is 1. The maximum absolute atomic E-state index is 13.2. The molecule has 1 aromatic rings. The zero-order valence-corrected chi connectivity index (χ0v) is 12.4. The Bertz CT molecular complexity index is 524. The maximum Gasteiger partial charge on any atom is 0.234 e. The number of nitrogens with zero attached hydrogens (tertiary/aromatic N) is 1. The van der Waals surface area contributed by atoms with Gasteiger partial charge in [-0.25, -0.2) is 4.39 Å². The number of benzene rings is 1. The second kappa shape index (κ2) is 7.54. The van der Waals surface area contributed by atoms with Crippen LogP contribution in [-0.2, 0) is 9.53 Å². The number of halogens is 2. The highest BCUT2D eigenvalue weighted by atomic mass is 35.5. The van der Waals surface area contributed by atoms with E-state index >= 15 is 0 Å². The van der Waals surface area contributed by atoms with E-state index in [4.69, 9.17) is 16.3 Å². The molecule has 114 valence electrons. The van der Waals surface area contributed by atoms with E-state index in [2.05, 4.69) is 11.9 Å². The van der Waals surface area contributed by atoms with Crippen molar-refractivity contribution < 1.29 is 13.9 Å². The molecule has 1 N–H and O–H groups in total. The molecular weight excluding hydrogens is 295 g/mol. The number of hydrogen-bond acceptors (Lipinski definition) is 3. The molecule has 1 atom stereocenters. The van der Waals surface area contributed by atoms with E-state index in [1.54, 1.807) is 18.2 Å². The van der Waals surface area contributed by atoms with Gasteiger partial charge >= 0.3 is 0 Å². The van der Waals surface area contributed by atoms with Crippen LogP contribution in [-0.4, -0.2) is 43.6 Å². The summed E-state index contributed by atoms with van der Waals surface area (Å²) in [7, 11) is 0. The van der Waals surface area contributed by atoms with Crippen molar-refractivity contribution in [2.24, 2.45) is 0 Å². The number of morpholine rings is 1. The Morgan fingerprint density at radius 3 is 3.14 bits per heavy atom. The highest BCUT2D eigenvalue weighted by Gasteiger charge is 2.23. The molecule has 0 spiro atoms. The summed E-state index contributed by atoms with van der Waals surface area (Å²) < 4.78 is 18.9. The van der Waals surface area contributed by atoms with Crippen LogP contribution in [0.3, 0.4) is 0 Å². The molecule has 1 aromatic carbocycles. The molecule has 1 saturated heterocycles. The second-order valence-corrected chi connectivity index (χ2v) is 5.27. The Morgan fingerprint density at radius 2 is 2.43 bits per heavy atom. The van der Waals surface area contributed by atoms with Crippen LogP contribution in [0.15, 0.2) is 30.9 Å². The van der Waals surface area contributed by atoms with Crippen molar-refractivity contribution in [3.05, 3.63) is 47.3 Å². The van der Waals surface area contributed by atoms with Gasteiger partial charge in [-0.15, -0.1) is 6.58 Å². The fourth-order valence-electron chi connectivity index (χ4n) is 2.21. The molecule has 0 aromatic heterocycles. The fourth-order valence-corrected chi connectivity index (χ4v) is 2.39. The van der Waals surface area contributed by atoms with Crippen molar-refractivity contribution in [3.8, 4) is 0 Å². The molecule has 1 fully saturated rings. The molecule has 0 bridgehead atoms. The molecule has 1 heterocycles. The van der Waals surface area contributed by atoms with E-state index in [1.807, 2.05) is 4.90 Å². The van der Waals surface area contributed by atoms with Gasteiger partial charge in [0, 0.05) is 19.6 Å². The van der Waals surface area contributed by atoms with E-state index in [0.29, 0.717) is 32.8 Å². The number of carbonyl (C=O) groups is 1. The van der Waals surface area contributed by atoms with Gasteiger partial charge in [0.05, 0.1) is 24.3 Å². The summed E-state index contributed by atoms with van der Waals surface area (Å²) in [6.07, 6.45) is 1.43. The van der Waals surface area contributed by atoms with Crippen LogP contribution in [0.1, 0.15) is 11.7 Å². The minimum Gasteiger partial charge on any atom is -0.371 e. The van der Waals surface area contributed by atoms with Crippen molar-refractivity contribution in [3.63, 3.8) is 0 Å². The number of nitrogens with one attached hydrogen (secondary N) is 1. The predicted molar refractivity (Wildman–Crippen MR) is 79.7 cm³/mol. The van der Waals surface area contributed by atoms with Crippen molar-refractivity contribution in [2.75, 3.05) is 32.8 Å². The lowest BCUT2D eigenvalue weighted by Gasteiger charge is -2.32. The van der Waals surface area contributed by atoms with E-state index in [1.165, 1.54) is 6.07 Å². The lowest BCUT2D eigenvalue weighted by Crippen LogP contribution is -2.44. The molecule has 0 aliphatic carbocycles. The van der Waals surface area contributed by atoms with Crippen LogP contribution in [0.25, 0.3) is 0 Å².